The van der Waals surface area contributed by atoms with Crippen LogP contribution < -0.4 is 0 Å². The van der Waals surface area contributed by atoms with Crippen molar-refractivity contribution >= 4 is 0 Å². The molecule has 0 spiro atoms. The fraction of sp³-hybridized carbons (Fsp3) is 0.400. The first-order valence-corrected chi connectivity index (χ1v) is 8.49. The molecule has 1 aliphatic heterocycles. The lowest BCUT2D eigenvalue weighted by atomic mass is 10.00. The first-order valence-electron chi connectivity index (χ1n) is 8.49. The Kier molecular flexibility index (Phi) is 6.55. The van der Waals surface area contributed by atoms with Crippen LogP contribution in [0.2, 0.25) is 0 Å². The third-order valence-electron chi connectivity index (χ3n) is 4.34. The Hall–Kier alpha value is -1.76. The van der Waals surface area contributed by atoms with Crippen LogP contribution in [-0.4, -0.2) is 41.9 Å². The Morgan fingerprint density at radius 3 is 1.84 bits per heavy atom. The average molecular weight is 344 g/mol. The number of rotatable bonds is 8. The van der Waals surface area contributed by atoms with Crippen molar-refractivity contribution < 1.29 is 24.4 Å². The summed E-state index contributed by atoms with van der Waals surface area (Å²) < 4.78 is 16.8. The molecule has 1 fully saturated rings. The van der Waals surface area contributed by atoms with Crippen LogP contribution in [0.1, 0.15) is 11.1 Å². The highest BCUT2D eigenvalue weighted by atomic mass is 16.6. The van der Waals surface area contributed by atoms with Crippen LogP contribution in [0, 0.1) is 5.92 Å². The van der Waals surface area contributed by atoms with E-state index < -0.39 is 18.5 Å². The Balaban J connectivity index is 1.47. The molecule has 3 rings (SSSR count). The second kappa shape index (κ2) is 9.08. The van der Waals surface area contributed by atoms with Gasteiger partial charge < -0.3 is 24.4 Å². The van der Waals surface area contributed by atoms with Gasteiger partial charge in [0.15, 0.2) is 6.29 Å². The fourth-order valence-electron chi connectivity index (χ4n) is 2.91. The standard InChI is InChI=1S/C20H24O5/c21-19-17(13-23-11-15-7-3-1-4-8-15)18(25-20(19)22)14-24-12-16-9-5-2-6-10-16/h1-10,17-22H,11-14H2/t17-,18-,19-,20?/m1/s1. The van der Waals surface area contributed by atoms with Crippen molar-refractivity contribution in [1.29, 1.82) is 0 Å². The Morgan fingerprint density at radius 1 is 0.760 bits per heavy atom. The number of ether oxygens (including phenoxy) is 3. The van der Waals surface area contributed by atoms with Gasteiger partial charge in [0.25, 0.3) is 0 Å². The summed E-state index contributed by atoms with van der Waals surface area (Å²) in [4.78, 5) is 0. The van der Waals surface area contributed by atoms with E-state index in [1.54, 1.807) is 0 Å². The second-order valence-electron chi connectivity index (χ2n) is 6.22. The summed E-state index contributed by atoms with van der Waals surface area (Å²) in [5.41, 5.74) is 2.13. The van der Waals surface area contributed by atoms with E-state index in [1.807, 2.05) is 60.7 Å². The summed E-state index contributed by atoms with van der Waals surface area (Å²) in [6, 6.07) is 19.7. The van der Waals surface area contributed by atoms with E-state index in [0.717, 1.165) is 11.1 Å². The van der Waals surface area contributed by atoms with Gasteiger partial charge >= 0.3 is 0 Å². The Morgan fingerprint density at radius 2 is 1.28 bits per heavy atom. The molecule has 0 bridgehead atoms. The minimum Gasteiger partial charge on any atom is -0.387 e. The number of aliphatic hydroxyl groups excluding tert-OH is 2. The normalized spacial score (nSPS) is 26.0. The molecule has 0 saturated carbocycles. The fourth-order valence-corrected chi connectivity index (χ4v) is 2.91. The molecule has 4 atom stereocenters. The summed E-state index contributed by atoms with van der Waals surface area (Å²) in [6.45, 7) is 1.51. The first-order chi connectivity index (χ1) is 12.2. The number of hydrogen-bond donors (Lipinski definition) is 2. The molecule has 1 unspecified atom stereocenters. The Labute approximate surface area is 147 Å². The highest BCUT2D eigenvalue weighted by Crippen LogP contribution is 2.27. The van der Waals surface area contributed by atoms with Gasteiger partial charge in [-0.25, -0.2) is 0 Å². The lowest BCUT2D eigenvalue weighted by molar-refractivity contribution is -0.137. The van der Waals surface area contributed by atoms with Gasteiger partial charge in [0.05, 0.1) is 32.5 Å². The van der Waals surface area contributed by atoms with Crippen LogP contribution in [-0.2, 0) is 27.4 Å². The molecule has 2 aromatic carbocycles. The third-order valence-corrected chi connectivity index (χ3v) is 4.34. The van der Waals surface area contributed by atoms with E-state index in [-0.39, 0.29) is 5.92 Å². The van der Waals surface area contributed by atoms with E-state index in [0.29, 0.717) is 26.4 Å². The first kappa shape index (κ1) is 18.0. The third kappa shape index (κ3) is 5.11. The summed E-state index contributed by atoms with van der Waals surface area (Å²) in [7, 11) is 0. The van der Waals surface area contributed by atoms with E-state index >= 15 is 0 Å². The number of benzene rings is 2. The summed E-state index contributed by atoms with van der Waals surface area (Å²) in [6.07, 6.45) is -2.57. The molecule has 134 valence electrons. The maximum absolute atomic E-state index is 10.1. The molecule has 0 aromatic heterocycles. The van der Waals surface area contributed by atoms with Gasteiger partial charge in [0, 0.05) is 5.92 Å². The average Bonchev–Trinajstić information content (AvgIpc) is 2.91. The van der Waals surface area contributed by atoms with E-state index in [1.165, 1.54) is 0 Å². The molecule has 25 heavy (non-hydrogen) atoms. The number of hydrogen-bond acceptors (Lipinski definition) is 5. The number of aliphatic hydroxyl groups is 2. The van der Waals surface area contributed by atoms with Crippen molar-refractivity contribution in [3.63, 3.8) is 0 Å². The zero-order valence-corrected chi connectivity index (χ0v) is 14.0. The Bertz CT molecular complexity index is 618. The van der Waals surface area contributed by atoms with Crippen molar-refractivity contribution in [1.82, 2.24) is 0 Å². The molecule has 0 aliphatic carbocycles. The van der Waals surface area contributed by atoms with Crippen LogP contribution in [0.3, 0.4) is 0 Å². The second-order valence-corrected chi connectivity index (χ2v) is 6.22. The SMILES string of the molecule is OC1O[C@H](COCc2ccccc2)[C@@H](COCc2ccccc2)[C@H]1O. The quantitative estimate of drug-likeness (QED) is 0.768. The minimum absolute atomic E-state index is 0.294. The molecule has 1 aliphatic rings. The summed E-state index contributed by atoms with van der Waals surface area (Å²) >= 11 is 0. The molecule has 5 nitrogen and oxygen atoms in total. The van der Waals surface area contributed by atoms with Gasteiger partial charge in [-0.1, -0.05) is 60.7 Å². The predicted molar refractivity (Wildman–Crippen MR) is 92.6 cm³/mol. The summed E-state index contributed by atoms with van der Waals surface area (Å²) in [5, 5.41) is 19.9. The molecular formula is C20H24O5. The zero-order chi connectivity index (χ0) is 17.5. The molecular weight excluding hydrogens is 320 g/mol. The molecule has 2 N–H and O–H groups in total. The molecule has 5 heteroatoms. The van der Waals surface area contributed by atoms with Crippen molar-refractivity contribution in [2.24, 2.45) is 5.92 Å². The van der Waals surface area contributed by atoms with Crippen molar-refractivity contribution in [2.45, 2.75) is 31.7 Å². The van der Waals surface area contributed by atoms with Crippen LogP contribution in [0.25, 0.3) is 0 Å². The van der Waals surface area contributed by atoms with Gasteiger partial charge in [-0.3, -0.25) is 0 Å². The maximum Gasteiger partial charge on any atom is 0.181 e. The maximum atomic E-state index is 10.1. The minimum atomic E-state index is -1.20. The predicted octanol–water partition coefficient (Wildman–Crippen LogP) is 2.11. The van der Waals surface area contributed by atoms with E-state index in [9.17, 15) is 10.2 Å². The topological polar surface area (TPSA) is 68.2 Å². The zero-order valence-electron chi connectivity index (χ0n) is 14.0. The van der Waals surface area contributed by atoms with Crippen molar-refractivity contribution in [3.05, 3.63) is 71.8 Å². The van der Waals surface area contributed by atoms with Crippen LogP contribution >= 0.6 is 0 Å². The largest absolute Gasteiger partial charge is 0.387 e. The molecule has 0 radical (unpaired) electrons. The molecule has 1 heterocycles. The highest BCUT2D eigenvalue weighted by Gasteiger charge is 2.42. The monoisotopic (exact) mass is 344 g/mol. The van der Waals surface area contributed by atoms with Crippen LogP contribution in [0.4, 0.5) is 0 Å². The van der Waals surface area contributed by atoms with E-state index in [2.05, 4.69) is 0 Å². The molecule has 2 aromatic rings. The van der Waals surface area contributed by atoms with Gasteiger partial charge in [-0.2, -0.15) is 0 Å². The van der Waals surface area contributed by atoms with Gasteiger partial charge in [0.2, 0.25) is 0 Å². The highest BCUT2D eigenvalue weighted by molar-refractivity contribution is 5.14. The van der Waals surface area contributed by atoms with Gasteiger partial charge in [0.1, 0.15) is 6.10 Å². The smallest absolute Gasteiger partial charge is 0.181 e. The van der Waals surface area contributed by atoms with Gasteiger partial charge in [-0.05, 0) is 11.1 Å². The van der Waals surface area contributed by atoms with Crippen molar-refractivity contribution in [3.8, 4) is 0 Å². The lowest BCUT2D eigenvalue weighted by Crippen LogP contribution is -2.33. The van der Waals surface area contributed by atoms with Crippen molar-refractivity contribution in [2.75, 3.05) is 13.2 Å². The molecule has 1 saturated heterocycles. The van der Waals surface area contributed by atoms with Gasteiger partial charge in [-0.15, -0.1) is 0 Å². The lowest BCUT2D eigenvalue weighted by Gasteiger charge is -2.20. The summed E-state index contributed by atoms with van der Waals surface area (Å²) in [5.74, 6) is -0.325. The molecule has 0 amide bonds. The van der Waals surface area contributed by atoms with E-state index in [4.69, 9.17) is 14.2 Å². The van der Waals surface area contributed by atoms with Crippen LogP contribution in [0.15, 0.2) is 60.7 Å². The van der Waals surface area contributed by atoms with Crippen LogP contribution in [0.5, 0.6) is 0 Å².